The average molecular weight is 476 g/mol. The number of carboxylic acids is 1. The van der Waals surface area contributed by atoms with E-state index in [2.05, 4.69) is 40.8 Å². The van der Waals surface area contributed by atoms with E-state index >= 15 is 0 Å². The number of thioether (sulfide) groups is 1. The fourth-order valence-corrected chi connectivity index (χ4v) is 6.15. The molecule has 1 atom stereocenters. The number of carbonyl (C=O) groups excluding carboxylic acids is 1. The number of nitrogens with one attached hydrogen (secondary N) is 1. The molecule has 6 nitrogen and oxygen atoms in total. The fraction of sp³-hybridized carbons (Fsp3) is 0.273. The Kier molecular flexibility index (Phi) is 6.43. The van der Waals surface area contributed by atoms with Crippen LogP contribution in [0.3, 0.4) is 0 Å². The third kappa shape index (κ3) is 4.25. The number of aliphatic hydroxyl groups is 1. The van der Waals surface area contributed by atoms with Crippen molar-refractivity contribution >= 4 is 68.3 Å². The quantitative estimate of drug-likeness (QED) is 0.510. The molecule has 2 heterocycles. The van der Waals surface area contributed by atoms with Crippen LogP contribution in [0.15, 0.2) is 46.3 Å². The highest BCUT2D eigenvalue weighted by molar-refractivity contribution is 8.03. The highest BCUT2D eigenvalue weighted by atomic mass is 35.5. The predicted octanol–water partition coefficient (Wildman–Crippen LogP) is 3.32. The van der Waals surface area contributed by atoms with Gasteiger partial charge in [-0.1, -0.05) is 34.7 Å². The minimum absolute atomic E-state index is 0.538. The molecule has 1 aromatic heterocycles. The van der Waals surface area contributed by atoms with E-state index < -0.39 is 18.6 Å². The lowest BCUT2D eigenvalue weighted by Crippen LogP contribution is -2.43. The Morgan fingerprint density at radius 2 is 2.13 bits per heavy atom. The van der Waals surface area contributed by atoms with Gasteiger partial charge in [-0.3, -0.25) is 0 Å². The van der Waals surface area contributed by atoms with E-state index in [-0.39, 0.29) is 0 Å². The second kappa shape index (κ2) is 9.08. The predicted molar refractivity (Wildman–Crippen MR) is 126 cm³/mol. The zero-order chi connectivity index (χ0) is 22.1. The molecule has 1 aliphatic heterocycles. The molecule has 0 radical (unpaired) electrons. The Labute approximate surface area is 193 Å². The lowest BCUT2D eigenvalue weighted by molar-refractivity contribution is -0.665. The molecule has 1 aliphatic rings. The van der Waals surface area contributed by atoms with Crippen molar-refractivity contribution in [2.75, 3.05) is 23.4 Å². The number of hydrogen-bond donors (Lipinski definition) is 2. The summed E-state index contributed by atoms with van der Waals surface area (Å²) in [5, 5.41) is 26.2. The van der Waals surface area contributed by atoms with Crippen LogP contribution in [0.25, 0.3) is 16.3 Å². The number of nitrogens with zero attached hydrogens (tertiary/aromatic N) is 2. The van der Waals surface area contributed by atoms with Gasteiger partial charge in [-0.25, -0.2) is 0 Å². The summed E-state index contributed by atoms with van der Waals surface area (Å²) >= 11 is 9.63. The topological polar surface area (TPSA) is 79.5 Å². The van der Waals surface area contributed by atoms with E-state index in [0.717, 1.165) is 44.1 Å². The molecule has 4 rings (SSSR count). The number of thiazole rings is 1. The Morgan fingerprint density at radius 1 is 1.32 bits per heavy atom. The summed E-state index contributed by atoms with van der Waals surface area (Å²) in [7, 11) is 0. The van der Waals surface area contributed by atoms with Crippen molar-refractivity contribution < 1.29 is 19.6 Å². The number of rotatable bonds is 7. The summed E-state index contributed by atoms with van der Waals surface area (Å²) in [5.74, 6) is -1.33. The largest absolute Gasteiger partial charge is 0.548 e. The minimum Gasteiger partial charge on any atom is -0.548 e. The summed E-state index contributed by atoms with van der Waals surface area (Å²) < 4.78 is 3.30. The van der Waals surface area contributed by atoms with Crippen molar-refractivity contribution in [3.63, 3.8) is 0 Å². The maximum atomic E-state index is 11.1. The minimum atomic E-state index is -1.33. The molecule has 0 saturated heterocycles. The molecular weight excluding hydrogens is 454 g/mol. The number of halogens is 1. The van der Waals surface area contributed by atoms with E-state index in [9.17, 15) is 15.0 Å². The number of aromatic nitrogens is 1. The van der Waals surface area contributed by atoms with Crippen LogP contribution >= 0.6 is 34.7 Å². The fourth-order valence-electron chi connectivity index (χ4n) is 3.62. The molecule has 9 heteroatoms. The molecule has 0 aliphatic carbocycles. The smallest absolute Gasteiger partial charge is 0.265 e. The van der Waals surface area contributed by atoms with Crippen molar-refractivity contribution in [2.45, 2.75) is 31.3 Å². The van der Waals surface area contributed by atoms with Gasteiger partial charge in [0.25, 0.3) is 5.01 Å². The number of aliphatic carboxylic acids is 1. The molecule has 1 unspecified atom stereocenters. The van der Waals surface area contributed by atoms with Gasteiger partial charge in [-0.2, -0.15) is 4.57 Å². The molecular formula is C22H22ClN3O3S2. The molecule has 0 spiro atoms. The number of aryl methyl sites for hydroxylation is 1. The standard InChI is InChI=1S/C22H22ClN3O3S2/c1-3-25-16-9-13(23)5-7-18(16)30-20(25)11-21-26(4-2)17-10-14(6-8-19(17)31-21)24-15(12-27)22(28)29/h5-11,15,24,27H,3-4,12H2,1-2H3. The van der Waals surface area contributed by atoms with Crippen LogP contribution in [0.2, 0.25) is 5.02 Å². The van der Waals surface area contributed by atoms with Gasteiger partial charge in [0.1, 0.15) is 11.2 Å². The SMILES string of the molecule is CCN1/C(=C/c2sc3ccc(NC(CO)C(=O)[O-])cc3[n+]2CC)Sc2ccc(Cl)cc21. The third-order valence-corrected chi connectivity index (χ3v) is 7.57. The highest BCUT2D eigenvalue weighted by Gasteiger charge is 2.27. The van der Waals surface area contributed by atoms with Crippen LogP contribution in [-0.2, 0) is 11.3 Å². The van der Waals surface area contributed by atoms with Gasteiger partial charge in [0, 0.05) is 28.2 Å². The Morgan fingerprint density at radius 3 is 2.81 bits per heavy atom. The number of hydrogen-bond acceptors (Lipinski definition) is 7. The number of carboxylic acid groups (broad SMARTS) is 1. The normalized spacial score (nSPS) is 15.5. The monoisotopic (exact) mass is 475 g/mol. The Balaban J connectivity index is 1.72. The molecule has 31 heavy (non-hydrogen) atoms. The van der Waals surface area contributed by atoms with Gasteiger partial charge in [-0.05, 0) is 44.2 Å². The summed E-state index contributed by atoms with van der Waals surface area (Å²) in [4.78, 5) is 14.6. The maximum Gasteiger partial charge on any atom is 0.265 e. The van der Waals surface area contributed by atoms with Gasteiger partial charge < -0.3 is 25.2 Å². The van der Waals surface area contributed by atoms with Crippen LogP contribution in [0.4, 0.5) is 11.4 Å². The van der Waals surface area contributed by atoms with Gasteiger partial charge in [0.2, 0.25) is 5.52 Å². The molecule has 0 fully saturated rings. The van der Waals surface area contributed by atoms with Crippen molar-refractivity contribution in [2.24, 2.45) is 0 Å². The highest BCUT2D eigenvalue weighted by Crippen LogP contribution is 2.47. The summed E-state index contributed by atoms with van der Waals surface area (Å²) in [6.07, 6.45) is 2.20. The van der Waals surface area contributed by atoms with Crippen molar-refractivity contribution in [1.82, 2.24) is 0 Å². The van der Waals surface area contributed by atoms with Gasteiger partial charge in [0.05, 0.1) is 35.4 Å². The van der Waals surface area contributed by atoms with E-state index in [1.807, 2.05) is 30.3 Å². The molecule has 162 valence electrons. The van der Waals surface area contributed by atoms with Crippen LogP contribution in [0, 0.1) is 0 Å². The molecule has 2 N–H and O–H groups in total. The third-order valence-electron chi connectivity index (χ3n) is 5.11. The van der Waals surface area contributed by atoms with Gasteiger partial charge >= 0.3 is 0 Å². The first-order chi connectivity index (χ1) is 14.9. The van der Waals surface area contributed by atoms with Gasteiger partial charge in [-0.15, -0.1) is 0 Å². The molecule has 0 bridgehead atoms. The lowest BCUT2D eigenvalue weighted by atomic mass is 10.2. The number of fused-ring (bicyclic) bond motifs is 2. The van der Waals surface area contributed by atoms with Gasteiger partial charge in [0.15, 0.2) is 0 Å². The van der Waals surface area contributed by atoms with Crippen molar-refractivity contribution in [3.8, 4) is 0 Å². The summed E-state index contributed by atoms with van der Waals surface area (Å²) in [6.45, 7) is 5.27. The number of anilines is 2. The van der Waals surface area contributed by atoms with Crippen molar-refractivity contribution in [3.05, 3.63) is 51.5 Å². The van der Waals surface area contributed by atoms with E-state index in [1.54, 1.807) is 23.1 Å². The number of benzene rings is 2. The molecule has 2 aromatic carbocycles. The second-order valence-electron chi connectivity index (χ2n) is 7.01. The Hall–Kier alpha value is -2.26. The second-order valence-corrected chi connectivity index (χ2v) is 9.57. The zero-order valence-electron chi connectivity index (χ0n) is 17.1. The molecule has 3 aromatic rings. The maximum absolute atomic E-state index is 11.1. The van der Waals surface area contributed by atoms with Crippen LogP contribution in [0.5, 0.6) is 0 Å². The van der Waals surface area contributed by atoms with Crippen LogP contribution < -0.4 is 19.9 Å². The molecule has 0 amide bonds. The van der Waals surface area contributed by atoms with Crippen LogP contribution in [-0.4, -0.2) is 30.3 Å². The lowest BCUT2D eigenvalue weighted by Gasteiger charge is -2.18. The summed E-state index contributed by atoms with van der Waals surface area (Å²) in [5.41, 5.74) is 2.76. The number of aliphatic hydroxyl groups excluding tert-OH is 1. The average Bonchev–Trinajstić information content (AvgIpc) is 3.27. The first kappa shape index (κ1) is 22.0. The first-order valence-corrected chi connectivity index (χ1v) is 12.0. The summed E-state index contributed by atoms with van der Waals surface area (Å²) in [6, 6.07) is 10.5. The van der Waals surface area contributed by atoms with E-state index in [1.165, 1.54) is 4.90 Å². The first-order valence-electron chi connectivity index (χ1n) is 9.96. The van der Waals surface area contributed by atoms with E-state index in [0.29, 0.717) is 5.69 Å². The number of carbonyl (C=O) groups is 1. The Bertz CT molecular complexity index is 1180. The molecule has 0 saturated carbocycles. The van der Waals surface area contributed by atoms with E-state index in [4.69, 9.17) is 11.6 Å². The van der Waals surface area contributed by atoms with Crippen LogP contribution in [0.1, 0.15) is 18.9 Å². The van der Waals surface area contributed by atoms with Crippen molar-refractivity contribution in [1.29, 1.82) is 0 Å². The zero-order valence-corrected chi connectivity index (χ0v) is 19.5.